The Hall–Kier alpha value is -0.315. The van der Waals surface area contributed by atoms with Crippen LogP contribution in [0.2, 0.25) is 0 Å². The van der Waals surface area contributed by atoms with Crippen LogP contribution in [0.1, 0.15) is 34.6 Å². The quantitative estimate of drug-likeness (QED) is 0.707. The molecular formula is C11H20BO3. The minimum Gasteiger partial charge on any atom is -0.400 e. The van der Waals surface area contributed by atoms with Crippen LogP contribution in [-0.2, 0) is 9.31 Å². The van der Waals surface area contributed by atoms with E-state index in [1.807, 2.05) is 27.7 Å². The van der Waals surface area contributed by atoms with Crippen molar-refractivity contribution in [2.45, 2.75) is 51.4 Å². The van der Waals surface area contributed by atoms with Gasteiger partial charge in [-0.2, -0.15) is 0 Å². The fraction of sp³-hybridized carbons (Fsp3) is 0.727. The van der Waals surface area contributed by atoms with Crippen molar-refractivity contribution in [3.63, 3.8) is 0 Å². The van der Waals surface area contributed by atoms with Gasteiger partial charge in [-0.05, 0) is 41.5 Å². The minimum atomic E-state index is -1.08. The summed E-state index contributed by atoms with van der Waals surface area (Å²) in [6.45, 7) is 13.1. The molecule has 0 aromatic carbocycles. The highest BCUT2D eigenvalue weighted by Crippen LogP contribution is 2.36. The molecular weight excluding hydrogens is 191 g/mol. The fourth-order valence-electron chi connectivity index (χ4n) is 1.25. The van der Waals surface area contributed by atoms with Gasteiger partial charge in [0.05, 0.1) is 16.8 Å². The zero-order valence-corrected chi connectivity index (χ0v) is 10.2. The summed E-state index contributed by atoms with van der Waals surface area (Å²) in [6, 6.07) is 0. The molecule has 1 saturated heterocycles. The number of aliphatic hydroxyl groups is 1. The number of hydrogen-bond acceptors (Lipinski definition) is 3. The highest BCUT2D eigenvalue weighted by atomic mass is 16.7. The molecule has 3 nitrogen and oxygen atoms in total. The third kappa shape index (κ3) is 3.07. The molecule has 4 heteroatoms. The molecule has 0 spiro atoms. The topological polar surface area (TPSA) is 38.7 Å². The van der Waals surface area contributed by atoms with Crippen LogP contribution in [0.15, 0.2) is 12.1 Å². The van der Waals surface area contributed by atoms with Crippen molar-refractivity contribution in [1.29, 1.82) is 0 Å². The molecule has 0 amide bonds. The van der Waals surface area contributed by atoms with E-state index in [0.29, 0.717) is 0 Å². The van der Waals surface area contributed by atoms with Crippen LogP contribution in [0, 0.1) is 6.92 Å². The van der Waals surface area contributed by atoms with Gasteiger partial charge in [-0.3, -0.25) is 0 Å². The van der Waals surface area contributed by atoms with Crippen molar-refractivity contribution in [2.24, 2.45) is 0 Å². The lowest BCUT2D eigenvalue weighted by molar-refractivity contribution is 0.00578. The molecule has 1 N–H and O–H groups in total. The first kappa shape index (κ1) is 12.8. The first-order chi connectivity index (χ1) is 6.54. The van der Waals surface area contributed by atoms with Crippen LogP contribution in [0.5, 0.6) is 0 Å². The maximum Gasteiger partial charge on any atom is 0.486 e. The maximum atomic E-state index is 9.43. The van der Waals surface area contributed by atoms with Crippen LogP contribution in [0.4, 0.5) is 0 Å². The molecule has 1 aliphatic heterocycles. The van der Waals surface area contributed by atoms with Crippen molar-refractivity contribution in [2.75, 3.05) is 0 Å². The van der Waals surface area contributed by atoms with Gasteiger partial charge in [-0.1, -0.05) is 12.1 Å². The van der Waals surface area contributed by atoms with E-state index in [-0.39, 0.29) is 11.2 Å². The fourth-order valence-corrected chi connectivity index (χ4v) is 1.25. The summed E-state index contributed by atoms with van der Waals surface area (Å²) in [7, 11) is -0.414. The molecule has 1 rings (SSSR count). The van der Waals surface area contributed by atoms with Crippen LogP contribution in [0.25, 0.3) is 0 Å². The summed E-state index contributed by atoms with van der Waals surface area (Å²) < 4.78 is 11.4. The molecule has 1 atom stereocenters. The van der Waals surface area contributed by atoms with Gasteiger partial charge in [0.15, 0.2) is 0 Å². The summed E-state index contributed by atoms with van der Waals surface area (Å²) in [6.07, 6.45) is 1.58. The van der Waals surface area contributed by atoms with Crippen LogP contribution in [-0.4, -0.2) is 29.0 Å². The Morgan fingerprint density at radius 2 is 1.60 bits per heavy atom. The highest BCUT2D eigenvalue weighted by Gasteiger charge is 2.50. The van der Waals surface area contributed by atoms with Gasteiger partial charge in [0.25, 0.3) is 0 Å². The molecule has 0 bridgehead atoms. The van der Waals surface area contributed by atoms with Gasteiger partial charge < -0.3 is 14.4 Å². The van der Waals surface area contributed by atoms with E-state index < -0.39 is 12.7 Å². The highest BCUT2D eigenvalue weighted by molar-refractivity contribution is 6.51. The molecule has 1 fully saturated rings. The molecule has 85 valence electrons. The van der Waals surface area contributed by atoms with Crippen molar-refractivity contribution >= 4 is 7.12 Å². The molecule has 1 heterocycles. The van der Waals surface area contributed by atoms with Crippen molar-refractivity contribution in [1.82, 2.24) is 0 Å². The van der Waals surface area contributed by atoms with Gasteiger partial charge >= 0.3 is 7.12 Å². The Morgan fingerprint density at radius 3 is 1.93 bits per heavy atom. The summed E-state index contributed by atoms with van der Waals surface area (Å²) in [5.74, 6) is 1.70. The predicted molar refractivity (Wildman–Crippen MR) is 61.2 cm³/mol. The molecule has 0 aliphatic carbocycles. The molecule has 1 unspecified atom stereocenters. The van der Waals surface area contributed by atoms with E-state index in [4.69, 9.17) is 9.31 Å². The minimum absolute atomic E-state index is 0.338. The van der Waals surface area contributed by atoms with E-state index in [0.717, 1.165) is 0 Å². The molecule has 15 heavy (non-hydrogen) atoms. The zero-order valence-electron chi connectivity index (χ0n) is 10.2. The second-order valence-corrected chi connectivity index (χ2v) is 5.34. The largest absolute Gasteiger partial charge is 0.486 e. The Kier molecular flexibility index (Phi) is 3.07. The summed E-state index contributed by atoms with van der Waals surface area (Å²) >= 11 is 0. The van der Waals surface area contributed by atoms with Crippen LogP contribution in [0.3, 0.4) is 0 Å². The van der Waals surface area contributed by atoms with E-state index >= 15 is 0 Å². The number of rotatable bonds is 2. The van der Waals surface area contributed by atoms with Crippen LogP contribution >= 0.6 is 0 Å². The average molecular weight is 211 g/mol. The Balaban J connectivity index is 2.68. The standard InChI is InChI=1S/C11H20BO3/c1-9(2,13)7-8-12-14-10(3,4)11(5,6)15-12/h7-8,13H,1H2,2-6H3/b8-7+. The summed E-state index contributed by atoms with van der Waals surface area (Å²) in [5, 5.41) is 9.43. The monoisotopic (exact) mass is 211 g/mol. The Morgan fingerprint density at radius 1 is 1.20 bits per heavy atom. The average Bonchev–Trinajstić information content (AvgIpc) is 2.16. The molecule has 0 aromatic heterocycles. The van der Waals surface area contributed by atoms with E-state index in [9.17, 15) is 5.11 Å². The zero-order chi connectivity index (χ0) is 11.9. The van der Waals surface area contributed by atoms with Crippen molar-refractivity contribution < 1.29 is 14.4 Å². The van der Waals surface area contributed by atoms with Gasteiger partial charge in [-0.15, -0.1) is 0 Å². The van der Waals surface area contributed by atoms with Gasteiger partial charge in [0, 0.05) is 0 Å². The third-order valence-corrected chi connectivity index (χ3v) is 2.88. The predicted octanol–water partition coefficient (Wildman–Crippen LogP) is 1.76. The van der Waals surface area contributed by atoms with Gasteiger partial charge in [0.2, 0.25) is 0 Å². The first-order valence-corrected chi connectivity index (χ1v) is 5.16. The van der Waals surface area contributed by atoms with Crippen LogP contribution < -0.4 is 0 Å². The van der Waals surface area contributed by atoms with Crippen molar-refractivity contribution in [3.8, 4) is 0 Å². The van der Waals surface area contributed by atoms with Crippen molar-refractivity contribution in [3.05, 3.63) is 19.0 Å². The molecule has 0 aromatic rings. The third-order valence-electron chi connectivity index (χ3n) is 2.88. The second-order valence-electron chi connectivity index (χ2n) is 5.34. The maximum absolute atomic E-state index is 9.43. The normalized spacial score (nSPS) is 25.1. The molecule has 1 radical (unpaired) electrons. The van der Waals surface area contributed by atoms with E-state index in [1.54, 1.807) is 19.0 Å². The molecule has 1 aliphatic rings. The van der Waals surface area contributed by atoms with E-state index in [1.165, 1.54) is 0 Å². The lowest BCUT2D eigenvalue weighted by atomic mass is 9.88. The lowest BCUT2D eigenvalue weighted by Crippen LogP contribution is -2.41. The smallest absolute Gasteiger partial charge is 0.400 e. The summed E-state index contributed by atoms with van der Waals surface area (Å²) in [5.41, 5.74) is -1.76. The SMILES string of the molecule is [CH2]C(C)(O)/C=C/B1OC(C)(C)C(C)(C)O1. The Bertz CT molecular complexity index is 247. The lowest BCUT2D eigenvalue weighted by Gasteiger charge is -2.32. The Labute approximate surface area is 92.6 Å². The number of hydrogen-bond donors (Lipinski definition) is 1. The first-order valence-electron chi connectivity index (χ1n) is 5.16. The van der Waals surface area contributed by atoms with Gasteiger partial charge in [-0.25, -0.2) is 0 Å². The van der Waals surface area contributed by atoms with E-state index in [2.05, 4.69) is 6.92 Å². The van der Waals surface area contributed by atoms with Gasteiger partial charge in [0.1, 0.15) is 0 Å². The summed E-state index contributed by atoms with van der Waals surface area (Å²) in [4.78, 5) is 0. The second kappa shape index (κ2) is 3.61. The molecule has 0 saturated carbocycles.